The SMILES string of the molecule is Cc1cc(P(c2cc(C)c(C)c(C)c2C)c2cc(C)c(C)c(C)c2C)c(C)c(C)c1C. The minimum absolute atomic E-state index is 0.643. The van der Waals surface area contributed by atoms with Gasteiger partial charge in [-0.2, -0.15) is 0 Å². The highest BCUT2D eigenvalue weighted by atomic mass is 31.1. The molecule has 0 saturated heterocycles. The van der Waals surface area contributed by atoms with E-state index >= 15 is 0 Å². The van der Waals surface area contributed by atoms with Gasteiger partial charge in [-0.15, -0.1) is 0 Å². The van der Waals surface area contributed by atoms with Crippen molar-refractivity contribution < 1.29 is 0 Å². The zero-order chi connectivity index (χ0) is 23.4. The van der Waals surface area contributed by atoms with Crippen molar-refractivity contribution in [1.29, 1.82) is 0 Å². The zero-order valence-electron chi connectivity index (χ0n) is 21.7. The Bertz CT molecular complexity index is 1040. The van der Waals surface area contributed by atoms with Crippen molar-refractivity contribution >= 4 is 23.8 Å². The molecule has 0 heterocycles. The molecule has 0 unspecified atom stereocenters. The lowest BCUT2D eigenvalue weighted by molar-refractivity contribution is 1.22. The average Bonchev–Trinajstić information content (AvgIpc) is 2.74. The van der Waals surface area contributed by atoms with Gasteiger partial charge >= 0.3 is 0 Å². The standard InChI is InChI=1S/C30H39P/c1-16-13-28(25(10)22(7)19(16)4)31(29-14-17(2)20(5)23(8)26(29)11)30-15-18(3)21(6)24(9)27(30)12/h13-15H,1-12H3. The summed E-state index contributed by atoms with van der Waals surface area (Å²) in [7, 11) is -0.643. The van der Waals surface area contributed by atoms with Crippen molar-refractivity contribution in [2.75, 3.05) is 0 Å². The van der Waals surface area contributed by atoms with Gasteiger partial charge in [0, 0.05) is 0 Å². The van der Waals surface area contributed by atoms with Crippen LogP contribution in [0.15, 0.2) is 18.2 Å². The fourth-order valence-corrected chi connectivity index (χ4v) is 7.91. The number of rotatable bonds is 3. The molecule has 0 spiro atoms. The first-order chi connectivity index (χ1) is 14.4. The van der Waals surface area contributed by atoms with Crippen molar-refractivity contribution in [1.82, 2.24) is 0 Å². The molecule has 31 heavy (non-hydrogen) atoms. The summed E-state index contributed by atoms with van der Waals surface area (Å²) in [6.45, 7) is 27.5. The van der Waals surface area contributed by atoms with E-state index in [-0.39, 0.29) is 0 Å². The summed E-state index contributed by atoms with van der Waals surface area (Å²) in [5.74, 6) is 0. The molecular weight excluding hydrogens is 391 g/mol. The first kappa shape index (κ1) is 23.7. The fraction of sp³-hybridized carbons (Fsp3) is 0.400. The highest BCUT2D eigenvalue weighted by Crippen LogP contribution is 2.40. The van der Waals surface area contributed by atoms with Crippen LogP contribution in [0, 0.1) is 83.1 Å². The van der Waals surface area contributed by atoms with Crippen LogP contribution in [0.1, 0.15) is 66.8 Å². The molecule has 3 aromatic carbocycles. The van der Waals surface area contributed by atoms with E-state index in [0.29, 0.717) is 0 Å². The van der Waals surface area contributed by atoms with Gasteiger partial charge in [-0.3, -0.25) is 0 Å². The molecule has 0 amide bonds. The van der Waals surface area contributed by atoms with Crippen molar-refractivity contribution in [2.24, 2.45) is 0 Å². The molecular formula is C30H39P. The number of hydrogen-bond donors (Lipinski definition) is 0. The van der Waals surface area contributed by atoms with Crippen LogP contribution >= 0.6 is 7.92 Å². The van der Waals surface area contributed by atoms with Crippen molar-refractivity contribution in [3.8, 4) is 0 Å². The van der Waals surface area contributed by atoms with Gasteiger partial charge in [0.2, 0.25) is 0 Å². The fourth-order valence-electron chi connectivity index (χ4n) is 4.66. The monoisotopic (exact) mass is 430 g/mol. The van der Waals surface area contributed by atoms with Crippen LogP contribution in [0.3, 0.4) is 0 Å². The second-order valence-corrected chi connectivity index (χ2v) is 11.7. The van der Waals surface area contributed by atoms with Gasteiger partial charge in [0.1, 0.15) is 0 Å². The predicted octanol–water partition coefficient (Wildman–Crippen LogP) is 7.15. The normalized spacial score (nSPS) is 11.5. The van der Waals surface area contributed by atoms with Crippen LogP contribution < -0.4 is 15.9 Å². The zero-order valence-corrected chi connectivity index (χ0v) is 22.6. The molecule has 0 bridgehead atoms. The Balaban J connectivity index is 2.50. The maximum atomic E-state index is 2.48. The molecule has 0 radical (unpaired) electrons. The lowest BCUT2D eigenvalue weighted by Crippen LogP contribution is -2.28. The lowest BCUT2D eigenvalue weighted by atomic mass is 9.99. The Kier molecular flexibility index (Phi) is 6.55. The molecule has 0 aliphatic rings. The van der Waals surface area contributed by atoms with E-state index in [9.17, 15) is 0 Å². The molecule has 3 rings (SSSR count). The van der Waals surface area contributed by atoms with Crippen molar-refractivity contribution in [2.45, 2.75) is 83.1 Å². The van der Waals surface area contributed by atoms with Crippen LogP contribution in [0.4, 0.5) is 0 Å². The van der Waals surface area contributed by atoms with E-state index in [4.69, 9.17) is 0 Å². The Labute approximate surface area is 191 Å². The smallest absolute Gasteiger partial charge is 0.0116 e. The van der Waals surface area contributed by atoms with E-state index in [2.05, 4.69) is 101 Å². The van der Waals surface area contributed by atoms with Crippen molar-refractivity contribution in [3.05, 3.63) is 85.0 Å². The summed E-state index contributed by atoms with van der Waals surface area (Å²) in [4.78, 5) is 0. The highest BCUT2D eigenvalue weighted by Gasteiger charge is 2.26. The summed E-state index contributed by atoms with van der Waals surface area (Å²) in [6.07, 6.45) is 0. The lowest BCUT2D eigenvalue weighted by Gasteiger charge is -2.29. The van der Waals surface area contributed by atoms with Gasteiger partial charge in [0.25, 0.3) is 0 Å². The van der Waals surface area contributed by atoms with E-state index in [0.717, 1.165) is 0 Å². The molecule has 0 aliphatic heterocycles. The summed E-state index contributed by atoms with van der Waals surface area (Å²) in [5, 5.41) is 4.56. The topological polar surface area (TPSA) is 0 Å². The molecule has 1 heteroatoms. The Morgan fingerprint density at radius 2 is 0.548 bits per heavy atom. The maximum Gasteiger partial charge on any atom is -0.0116 e. The second kappa shape index (κ2) is 8.55. The quantitative estimate of drug-likeness (QED) is 0.387. The Morgan fingerprint density at radius 3 is 0.774 bits per heavy atom. The van der Waals surface area contributed by atoms with Gasteiger partial charge in [-0.1, -0.05) is 18.2 Å². The van der Waals surface area contributed by atoms with Crippen LogP contribution in [0.2, 0.25) is 0 Å². The van der Waals surface area contributed by atoms with Gasteiger partial charge in [0.15, 0.2) is 0 Å². The number of aryl methyl sites for hydroxylation is 3. The van der Waals surface area contributed by atoms with Crippen LogP contribution in [0.5, 0.6) is 0 Å². The predicted molar refractivity (Wildman–Crippen MR) is 142 cm³/mol. The van der Waals surface area contributed by atoms with E-state index in [1.165, 1.54) is 82.7 Å². The van der Waals surface area contributed by atoms with E-state index < -0.39 is 7.92 Å². The third kappa shape index (κ3) is 3.89. The van der Waals surface area contributed by atoms with E-state index in [1.807, 2.05) is 0 Å². The summed E-state index contributed by atoms with van der Waals surface area (Å²) < 4.78 is 0. The molecule has 3 aromatic rings. The highest BCUT2D eigenvalue weighted by molar-refractivity contribution is 7.80. The first-order valence-electron chi connectivity index (χ1n) is 11.4. The van der Waals surface area contributed by atoms with Crippen LogP contribution in [-0.2, 0) is 0 Å². The summed E-state index contributed by atoms with van der Waals surface area (Å²) in [5.41, 5.74) is 17.2. The molecule has 164 valence electrons. The Hall–Kier alpha value is -1.91. The summed E-state index contributed by atoms with van der Waals surface area (Å²) >= 11 is 0. The Morgan fingerprint density at radius 1 is 0.323 bits per heavy atom. The third-order valence-corrected chi connectivity index (χ3v) is 10.9. The summed E-state index contributed by atoms with van der Waals surface area (Å²) in [6, 6.07) is 7.45. The van der Waals surface area contributed by atoms with Crippen molar-refractivity contribution in [3.63, 3.8) is 0 Å². The minimum Gasteiger partial charge on any atom is -0.0504 e. The molecule has 0 atom stereocenters. The molecule has 0 saturated carbocycles. The van der Waals surface area contributed by atoms with Gasteiger partial charge in [0.05, 0.1) is 0 Å². The largest absolute Gasteiger partial charge is 0.0504 e. The molecule has 0 fully saturated rings. The second-order valence-electron chi connectivity index (χ2n) is 9.60. The van der Waals surface area contributed by atoms with E-state index in [1.54, 1.807) is 0 Å². The molecule has 0 nitrogen and oxygen atoms in total. The average molecular weight is 431 g/mol. The maximum absolute atomic E-state index is 2.48. The minimum atomic E-state index is -0.643. The molecule has 0 aromatic heterocycles. The number of benzene rings is 3. The van der Waals surface area contributed by atoms with Gasteiger partial charge in [-0.05, 0) is 174 Å². The molecule has 0 N–H and O–H groups in total. The van der Waals surface area contributed by atoms with Gasteiger partial charge < -0.3 is 0 Å². The van der Waals surface area contributed by atoms with Crippen LogP contribution in [0.25, 0.3) is 0 Å². The third-order valence-electron chi connectivity index (χ3n) is 8.08. The molecule has 0 aliphatic carbocycles. The first-order valence-corrected chi connectivity index (χ1v) is 12.7. The van der Waals surface area contributed by atoms with Crippen LogP contribution in [-0.4, -0.2) is 0 Å². The van der Waals surface area contributed by atoms with Gasteiger partial charge in [-0.25, -0.2) is 0 Å². The number of hydrogen-bond acceptors (Lipinski definition) is 0.